The highest BCUT2D eigenvalue weighted by molar-refractivity contribution is 5.92. The zero-order valence-corrected chi connectivity index (χ0v) is 11.6. The van der Waals surface area contributed by atoms with Gasteiger partial charge >= 0.3 is 5.97 Å². The Morgan fingerprint density at radius 3 is 2.76 bits per heavy atom. The molecule has 0 spiro atoms. The minimum Gasteiger partial charge on any atom is -0.508 e. The normalized spacial score (nSPS) is 17.1. The molecule has 1 atom stereocenters. The van der Waals surface area contributed by atoms with E-state index in [1.807, 2.05) is 0 Å². The molecule has 7 heteroatoms. The van der Waals surface area contributed by atoms with Crippen molar-refractivity contribution in [3.05, 3.63) is 47.4 Å². The second-order valence-electron chi connectivity index (χ2n) is 4.68. The Morgan fingerprint density at radius 1 is 1.38 bits per heavy atom. The lowest BCUT2D eigenvalue weighted by atomic mass is 9.96. The van der Waals surface area contributed by atoms with E-state index in [0.717, 1.165) is 5.56 Å². The molecule has 0 radical (unpaired) electrons. The van der Waals surface area contributed by atoms with Crippen molar-refractivity contribution in [1.29, 1.82) is 0 Å². The topological polar surface area (TPSA) is 89.3 Å². The van der Waals surface area contributed by atoms with Crippen LogP contribution in [0.15, 0.2) is 41.9 Å². The van der Waals surface area contributed by atoms with Gasteiger partial charge in [-0.15, -0.1) is 0 Å². The van der Waals surface area contributed by atoms with Crippen LogP contribution in [0.1, 0.15) is 18.5 Å². The lowest BCUT2D eigenvalue weighted by Gasteiger charge is -2.27. The van der Waals surface area contributed by atoms with Gasteiger partial charge in [-0.3, -0.25) is 0 Å². The van der Waals surface area contributed by atoms with E-state index in [1.54, 1.807) is 35.9 Å². The van der Waals surface area contributed by atoms with Crippen molar-refractivity contribution in [2.24, 2.45) is 0 Å². The maximum atomic E-state index is 12.1. The molecule has 0 bridgehead atoms. The standard InChI is InChI=1S/C14H14N4O3/c1-8-11(13(20)21-2)12(9-3-5-10(19)6-4-9)18-14(17-8)15-7-16-18/h3-7,12,19H,1-2H3,(H,15,16,17)/t12-/m0/s1. The molecule has 108 valence electrons. The Morgan fingerprint density at radius 2 is 2.10 bits per heavy atom. The number of phenols is 1. The van der Waals surface area contributed by atoms with E-state index < -0.39 is 12.0 Å². The number of esters is 1. The summed E-state index contributed by atoms with van der Waals surface area (Å²) in [5, 5.41) is 16.6. The number of nitrogens with one attached hydrogen (secondary N) is 1. The predicted octanol–water partition coefficient (Wildman–Crippen LogP) is 1.45. The molecule has 0 unspecified atom stereocenters. The molecule has 0 saturated heterocycles. The van der Waals surface area contributed by atoms with Crippen LogP contribution in [-0.4, -0.2) is 33.0 Å². The molecule has 1 aromatic carbocycles. The smallest absolute Gasteiger partial charge is 0.338 e. The van der Waals surface area contributed by atoms with E-state index in [4.69, 9.17) is 4.74 Å². The van der Waals surface area contributed by atoms with Crippen LogP contribution < -0.4 is 5.32 Å². The summed E-state index contributed by atoms with van der Waals surface area (Å²) in [7, 11) is 1.34. The molecule has 1 aromatic heterocycles. The van der Waals surface area contributed by atoms with E-state index in [-0.39, 0.29) is 5.75 Å². The summed E-state index contributed by atoms with van der Waals surface area (Å²) < 4.78 is 6.50. The molecular formula is C14H14N4O3. The summed E-state index contributed by atoms with van der Waals surface area (Å²) in [5.74, 6) is 0.282. The van der Waals surface area contributed by atoms with Gasteiger partial charge in [-0.25, -0.2) is 9.48 Å². The molecule has 2 aromatic rings. The van der Waals surface area contributed by atoms with Gasteiger partial charge in [0, 0.05) is 5.70 Å². The van der Waals surface area contributed by atoms with Crippen LogP contribution in [0.25, 0.3) is 0 Å². The van der Waals surface area contributed by atoms with Crippen molar-refractivity contribution in [3.8, 4) is 5.75 Å². The first-order valence-corrected chi connectivity index (χ1v) is 6.36. The lowest BCUT2D eigenvalue weighted by Crippen LogP contribution is -2.29. The number of hydrogen-bond acceptors (Lipinski definition) is 6. The third-order valence-corrected chi connectivity index (χ3v) is 3.41. The number of hydrogen-bond donors (Lipinski definition) is 2. The number of ether oxygens (including phenoxy) is 1. The number of rotatable bonds is 2. The number of phenolic OH excluding ortho intramolecular Hbond substituents is 1. The van der Waals surface area contributed by atoms with E-state index in [9.17, 15) is 9.90 Å². The largest absolute Gasteiger partial charge is 0.508 e. The summed E-state index contributed by atoms with van der Waals surface area (Å²) in [4.78, 5) is 16.3. The Hall–Kier alpha value is -2.83. The number of aromatic hydroxyl groups is 1. The van der Waals surface area contributed by atoms with Gasteiger partial charge in [0.1, 0.15) is 18.1 Å². The van der Waals surface area contributed by atoms with Crippen molar-refractivity contribution in [2.45, 2.75) is 13.0 Å². The van der Waals surface area contributed by atoms with Crippen LogP contribution >= 0.6 is 0 Å². The first-order chi connectivity index (χ1) is 10.1. The van der Waals surface area contributed by atoms with Gasteiger partial charge in [0.15, 0.2) is 0 Å². The van der Waals surface area contributed by atoms with Crippen molar-refractivity contribution < 1.29 is 14.6 Å². The Labute approximate surface area is 120 Å². The number of carbonyl (C=O) groups excluding carboxylic acids is 1. The first kappa shape index (κ1) is 13.2. The predicted molar refractivity (Wildman–Crippen MR) is 74.6 cm³/mol. The number of fused-ring (bicyclic) bond motifs is 1. The van der Waals surface area contributed by atoms with Gasteiger partial charge in [-0.1, -0.05) is 12.1 Å². The monoisotopic (exact) mass is 286 g/mol. The fourth-order valence-electron chi connectivity index (χ4n) is 2.43. The molecule has 3 rings (SSSR count). The zero-order chi connectivity index (χ0) is 15.0. The van der Waals surface area contributed by atoms with Gasteiger partial charge in [0.05, 0.1) is 12.7 Å². The summed E-state index contributed by atoms with van der Waals surface area (Å²) in [6.45, 7) is 1.79. The Kier molecular flexibility index (Phi) is 3.09. The average molecular weight is 286 g/mol. The van der Waals surface area contributed by atoms with Gasteiger partial charge < -0.3 is 15.2 Å². The molecule has 1 aliphatic rings. The van der Waals surface area contributed by atoms with E-state index >= 15 is 0 Å². The average Bonchev–Trinajstić information content (AvgIpc) is 2.94. The van der Waals surface area contributed by atoms with Crippen molar-refractivity contribution >= 4 is 11.9 Å². The molecular weight excluding hydrogens is 272 g/mol. The molecule has 0 fully saturated rings. The number of anilines is 1. The molecule has 0 amide bonds. The Balaban J connectivity index is 2.17. The zero-order valence-electron chi connectivity index (χ0n) is 11.6. The SMILES string of the molecule is COC(=O)C1=C(C)Nc2ncnn2[C@H]1c1ccc(O)cc1. The summed E-state index contributed by atoms with van der Waals surface area (Å²) in [5.41, 5.74) is 1.93. The number of methoxy groups -OCH3 is 1. The summed E-state index contributed by atoms with van der Waals surface area (Å²) >= 11 is 0. The van der Waals surface area contributed by atoms with E-state index in [0.29, 0.717) is 17.2 Å². The molecule has 2 N–H and O–H groups in total. The number of carbonyl (C=O) groups is 1. The molecule has 0 aliphatic carbocycles. The Bertz CT molecular complexity index is 718. The highest BCUT2D eigenvalue weighted by Gasteiger charge is 2.33. The van der Waals surface area contributed by atoms with Gasteiger partial charge in [0.2, 0.25) is 5.95 Å². The minimum absolute atomic E-state index is 0.159. The van der Waals surface area contributed by atoms with Crippen LogP contribution in [0.2, 0.25) is 0 Å². The second-order valence-corrected chi connectivity index (χ2v) is 4.68. The van der Waals surface area contributed by atoms with Gasteiger partial charge in [-0.2, -0.15) is 10.1 Å². The molecule has 1 aliphatic heterocycles. The van der Waals surface area contributed by atoms with Gasteiger partial charge in [0.25, 0.3) is 0 Å². The van der Waals surface area contributed by atoms with Crippen LogP contribution in [0.4, 0.5) is 5.95 Å². The molecule has 7 nitrogen and oxygen atoms in total. The van der Waals surface area contributed by atoms with Crippen LogP contribution in [0.5, 0.6) is 5.75 Å². The molecule has 0 saturated carbocycles. The number of aromatic nitrogens is 3. The highest BCUT2D eigenvalue weighted by atomic mass is 16.5. The number of allylic oxidation sites excluding steroid dienone is 1. The summed E-state index contributed by atoms with van der Waals surface area (Å²) in [6.07, 6.45) is 1.42. The van der Waals surface area contributed by atoms with E-state index in [2.05, 4.69) is 15.4 Å². The quantitative estimate of drug-likeness (QED) is 0.812. The highest BCUT2D eigenvalue weighted by Crippen LogP contribution is 2.35. The van der Waals surface area contributed by atoms with Gasteiger partial charge in [-0.05, 0) is 24.6 Å². The van der Waals surface area contributed by atoms with E-state index in [1.165, 1.54) is 13.4 Å². The lowest BCUT2D eigenvalue weighted by molar-refractivity contribution is -0.136. The van der Waals surface area contributed by atoms with Crippen molar-refractivity contribution in [3.63, 3.8) is 0 Å². The number of benzene rings is 1. The summed E-state index contributed by atoms with van der Waals surface area (Å²) in [6, 6.07) is 6.17. The maximum absolute atomic E-state index is 12.1. The second kappa shape index (κ2) is 4.93. The third kappa shape index (κ3) is 2.12. The van der Waals surface area contributed by atoms with Crippen LogP contribution in [-0.2, 0) is 9.53 Å². The maximum Gasteiger partial charge on any atom is 0.338 e. The molecule has 21 heavy (non-hydrogen) atoms. The minimum atomic E-state index is -0.447. The van der Waals surface area contributed by atoms with Crippen LogP contribution in [0, 0.1) is 0 Å². The van der Waals surface area contributed by atoms with Crippen molar-refractivity contribution in [1.82, 2.24) is 14.8 Å². The van der Waals surface area contributed by atoms with Crippen LogP contribution in [0.3, 0.4) is 0 Å². The molecule has 2 heterocycles. The third-order valence-electron chi connectivity index (χ3n) is 3.41. The fraction of sp³-hybridized carbons (Fsp3) is 0.214. The van der Waals surface area contributed by atoms with Crippen molar-refractivity contribution in [2.75, 3.05) is 12.4 Å². The number of nitrogens with zero attached hydrogens (tertiary/aromatic N) is 3. The first-order valence-electron chi connectivity index (χ1n) is 6.36. The fourth-order valence-corrected chi connectivity index (χ4v) is 2.43.